The number of amides is 1. The number of pyridine rings is 1. The Kier molecular flexibility index (Phi) is 5.58. The Morgan fingerprint density at radius 2 is 1.73 bits per heavy atom. The summed E-state index contributed by atoms with van der Waals surface area (Å²) >= 11 is 0. The zero-order chi connectivity index (χ0) is 22.3. The molecule has 30 heavy (non-hydrogen) atoms. The lowest BCUT2D eigenvalue weighted by Crippen LogP contribution is -2.20. The number of hydrogen-bond acceptors (Lipinski definition) is 4. The minimum Gasteiger partial charge on any atom is -0.339 e. The standard InChI is InChI=1S/C21H24F3N5O/c1-12-6-16-15(27-18(12)28-17(30)8-20(3,4)5)7-13(2)29(16)11-14-9-25-19(26-10-14)21(22,23)24/h6-7,9-10H,8,11H2,1-5H3,(H,27,28,30). The van der Waals surface area contributed by atoms with Gasteiger partial charge in [0.25, 0.3) is 0 Å². The van der Waals surface area contributed by atoms with Gasteiger partial charge in [-0.25, -0.2) is 15.0 Å². The van der Waals surface area contributed by atoms with E-state index in [9.17, 15) is 18.0 Å². The summed E-state index contributed by atoms with van der Waals surface area (Å²) in [6.45, 7) is 10.0. The Balaban J connectivity index is 1.88. The SMILES string of the molecule is Cc1cc2c(cc(C)n2Cc2cnc(C(F)(F)F)nc2)nc1NC(=O)CC(C)(C)C. The molecule has 6 nitrogen and oxygen atoms in total. The summed E-state index contributed by atoms with van der Waals surface area (Å²) in [4.78, 5) is 23.7. The molecule has 3 aromatic heterocycles. The smallest absolute Gasteiger partial charge is 0.339 e. The zero-order valence-corrected chi connectivity index (χ0v) is 17.6. The van der Waals surface area contributed by atoms with Gasteiger partial charge in [-0.3, -0.25) is 4.79 Å². The Labute approximate surface area is 172 Å². The number of fused-ring (bicyclic) bond motifs is 1. The zero-order valence-electron chi connectivity index (χ0n) is 17.6. The molecule has 0 fully saturated rings. The van der Waals surface area contributed by atoms with Gasteiger partial charge in [0, 0.05) is 30.1 Å². The van der Waals surface area contributed by atoms with Gasteiger partial charge in [0.1, 0.15) is 5.82 Å². The van der Waals surface area contributed by atoms with Gasteiger partial charge in [-0.15, -0.1) is 0 Å². The van der Waals surface area contributed by atoms with Crippen molar-refractivity contribution in [1.82, 2.24) is 19.5 Å². The van der Waals surface area contributed by atoms with E-state index in [1.54, 1.807) is 0 Å². The van der Waals surface area contributed by atoms with Gasteiger partial charge in [-0.1, -0.05) is 20.8 Å². The average Bonchev–Trinajstić information content (AvgIpc) is 2.88. The fraction of sp³-hybridized carbons (Fsp3) is 0.429. The summed E-state index contributed by atoms with van der Waals surface area (Å²) < 4.78 is 39.9. The molecule has 0 spiro atoms. The van der Waals surface area contributed by atoms with Crippen LogP contribution in [0.25, 0.3) is 11.0 Å². The predicted octanol–water partition coefficient (Wildman–Crippen LogP) is 4.88. The minimum absolute atomic E-state index is 0.101. The molecule has 0 aromatic carbocycles. The number of nitrogens with one attached hydrogen (secondary N) is 1. The van der Waals surface area contributed by atoms with Crippen molar-refractivity contribution in [3.8, 4) is 0 Å². The normalized spacial score (nSPS) is 12.4. The van der Waals surface area contributed by atoms with Gasteiger partial charge < -0.3 is 9.88 Å². The highest BCUT2D eigenvalue weighted by molar-refractivity contribution is 5.92. The molecule has 0 unspecified atom stereocenters. The van der Waals surface area contributed by atoms with Crippen LogP contribution in [0.2, 0.25) is 0 Å². The van der Waals surface area contributed by atoms with Crippen LogP contribution in [0, 0.1) is 19.3 Å². The second kappa shape index (κ2) is 7.70. The van der Waals surface area contributed by atoms with Gasteiger partial charge in [-0.05, 0) is 37.0 Å². The molecule has 1 amide bonds. The molecule has 0 aliphatic rings. The fourth-order valence-corrected chi connectivity index (χ4v) is 3.16. The maximum atomic E-state index is 12.7. The molecule has 0 atom stereocenters. The van der Waals surface area contributed by atoms with Crippen LogP contribution in [0.3, 0.4) is 0 Å². The van der Waals surface area contributed by atoms with E-state index in [1.807, 2.05) is 51.3 Å². The van der Waals surface area contributed by atoms with Crippen molar-refractivity contribution in [1.29, 1.82) is 0 Å². The van der Waals surface area contributed by atoms with E-state index in [4.69, 9.17) is 0 Å². The maximum Gasteiger partial charge on any atom is 0.451 e. The summed E-state index contributed by atoms with van der Waals surface area (Å²) in [7, 11) is 0. The predicted molar refractivity (Wildman–Crippen MR) is 108 cm³/mol. The highest BCUT2D eigenvalue weighted by Crippen LogP contribution is 2.27. The molecular formula is C21H24F3N5O. The number of carbonyl (C=O) groups is 1. The van der Waals surface area contributed by atoms with Gasteiger partial charge in [0.2, 0.25) is 11.7 Å². The quantitative estimate of drug-likeness (QED) is 0.654. The largest absolute Gasteiger partial charge is 0.451 e. The van der Waals surface area contributed by atoms with E-state index < -0.39 is 12.0 Å². The number of aryl methyl sites for hydroxylation is 2. The van der Waals surface area contributed by atoms with Crippen LogP contribution in [0.15, 0.2) is 24.5 Å². The van der Waals surface area contributed by atoms with Crippen LogP contribution >= 0.6 is 0 Å². The second-order valence-corrected chi connectivity index (χ2v) is 8.63. The molecule has 0 aliphatic carbocycles. The highest BCUT2D eigenvalue weighted by Gasteiger charge is 2.34. The van der Waals surface area contributed by atoms with Gasteiger partial charge in [0.15, 0.2) is 0 Å². The molecule has 160 valence electrons. The molecule has 0 aliphatic heterocycles. The molecule has 1 N–H and O–H groups in total. The number of halogens is 3. The van der Waals surface area contributed by atoms with Crippen molar-refractivity contribution in [3.63, 3.8) is 0 Å². The fourth-order valence-electron chi connectivity index (χ4n) is 3.16. The van der Waals surface area contributed by atoms with Crippen molar-refractivity contribution >= 4 is 22.8 Å². The first-order valence-corrected chi connectivity index (χ1v) is 9.49. The van der Waals surface area contributed by atoms with Crippen LogP contribution in [-0.2, 0) is 17.5 Å². The maximum absolute atomic E-state index is 12.7. The molecule has 0 radical (unpaired) electrons. The van der Waals surface area contributed by atoms with Crippen molar-refractivity contribution in [3.05, 3.63) is 47.2 Å². The van der Waals surface area contributed by atoms with Crippen LogP contribution in [0.1, 0.15) is 49.8 Å². The van der Waals surface area contributed by atoms with Crippen LogP contribution < -0.4 is 5.32 Å². The molecule has 3 heterocycles. The summed E-state index contributed by atoms with van der Waals surface area (Å²) in [5.41, 5.74) is 3.61. The monoisotopic (exact) mass is 419 g/mol. The number of anilines is 1. The van der Waals surface area contributed by atoms with E-state index in [-0.39, 0.29) is 11.3 Å². The first kappa shape index (κ1) is 21.7. The Morgan fingerprint density at radius 1 is 1.10 bits per heavy atom. The number of aromatic nitrogens is 4. The number of hydrogen-bond donors (Lipinski definition) is 1. The van der Waals surface area contributed by atoms with Crippen LogP contribution in [0.5, 0.6) is 0 Å². The molecule has 0 bridgehead atoms. The van der Waals surface area contributed by atoms with Gasteiger partial charge in [0.05, 0.1) is 17.6 Å². The summed E-state index contributed by atoms with van der Waals surface area (Å²) in [6.07, 6.45) is -1.82. The number of alkyl halides is 3. The van der Waals surface area contributed by atoms with Crippen molar-refractivity contribution in [2.75, 3.05) is 5.32 Å². The third-order valence-electron chi connectivity index (χ3n) is 4.53. The van der Waals surface area contributed by atoms with E-state index in [1.165, 1.54) is 12.4 Å². The number of carbonyl (C=O) groups excluding carboxylic acids is 1. The lowest BCUT2D eigenvalue weighted by atomic mass is 9.92. The summed E-state index contributed by atoms with van der Waals surface area (Å²) in [6, 6.07) is 3.78. The Morgan fingerprint density at radius 3 is 2.30 bits per heavy atom. The first-order valence-electron chi connectivity index (χ1n) is 9.49. The van der Waals surface area contributed by atoms with Crippen LogP contribution in [-0.4, -0.2) is 25.4 Å². The number of nitrogens with zero attached hydrogens (tertiary/aromatic N) is 4. The minimum atomic E-state index is -4.57. The van der Waals surface area contributed by atoms with E-state index in [0.717, 1.165) is 16.8 Å². The van der Waals surface area contributed by atoms with Gasteiger partial charge in [-0.2, -0.15) is 13.2 Å². The van der Waals surface area contributed by atoms with Crippen molar-refractivity contribution in [2.24, 2.45) is 5.41 Å². The molecule has 0 saturated carbocycles. The molecule has 0 saturated heterocycles. The van der Waals surface area contributed by atoms with Crippen LogP contribution in [0.4, 0.5) is 19.0 Å². The van der Waals surface area contributed by atoms with E-state index in [0.29, 0.717) is 29.9 Å². The van der Waals surface area contributed by atoms with Crippen molar-refractivity contribution < 1.29 is 18.0 Å². The van der Waals surface area contributed by atoms with E-state index >= 15 is 0 Å². The topological polar surface area (TPSA) is 72.7 Å². The molecule has 9 heteroatoms. The third kappa shape index (κ3) is 4.95. The molecule has 3 rings (SSSR count). The van der Waals surface area contributed by atoms with E-state index in [2.05, 4.69) is 20.3 Å². The average molecular weight is 419 g/mol. The third-order valence-corrected chi connectivity index (χ3v) is 4.53. The lowest BCUT2D eigenvalue weighted by molar-refractivity contribution is -0.145. The Bertz CT molecular complexity index is 1080. The molecule has 3 aromatic rings. The highest BCUT2D eigenvalue weighted by atomic mass is 19.4. The van der Waals surface area contributed by atoms with Gasteiger partial charge >= 0.3 is 6.18 Å². The lowest BCUT2D eigenvalue weighted by Gasteiger charge is -2.17. The second-order valence-electron chi connectivity index (χ2n) is 8.63. The Hall–Kier alpha value is -2.97. The first-order chi connectivity index (χ1) is 13.8. The molecular weight excluding hydrogens is 395 g/mol. The number of rotatable bonds is 4. The summed E-state index contributed by atoms with van der Waals surface area (Å²) in [5, 5.41) is 2.87. The summed E-state index contributed by atoms with van der Waals surface area (Å²) in [5.74, 6) is -0.754. The van der Waals surface area contributed by atoms with Crippen molar-refractivity contribution in [2.45, 2.75) is 53.8 Å².